The summed E-state index contributed by atoms with van der Waals surface area (Å²) in [7, 11) is 3.51. The second kappa shape index (κ2) is 9.55. The lowest BCUT2D eigenvalue weighted by molar-refractivity contribution is -0.130. The minimum Gasteiger partial charge on any atom is -0.453 e. The standard InChI is InChI=1S/C23H24FN5O3S/c1-14(30)29(8-9-31-3)13-16-12-27-23(28(16)2)21-11-18-22(33-21)20(6-7-26-18)32-19-5-4-15(25)10-17(19)24/h4-7,10-12H,8-9,13,25H2,1-3H3. The number of nitrogens with zero attached hydrogens (tertiary/aromatic N) is 4. The van der Waals surface area contributed by atoms with E-state index < -0.39 is 5.82 Å². The van der Waals surface area contributed by atoms with Crippen molar-refractivity contribution < 1.29 is 18.7 Å². The maximum Gasteiger partial charge on any atom is 0.219 e. The molecule has 0 atom stereocenters. The number of anilines is 1. The van der Waals surface area contributed by atoms with Crippen LogP contribution in [0.5, 0.6) is 11.5 Å². The first kappa shape index (κ1) is 22.7. The minimum absolute atomic E-state index is 0.0300. The number of carbonyl (C=O) groups excluding carboxylic acids is 1. The summed E-state index contributed by atoms with van der Waals surface area (Å²) in [5, 5.41) is 0. The molecule has 0 aliphatic heterocycles. The first-order valence-corrected chi connectivity index (χ1v) is 11.1. The first-order valence-electron chi connectivity index (χ1n) is 10.2. The summed E-state index contributed by atoms with van der Waals surface area (Å²) in [6, 6.07) is 7.93. The Kier molecular flexibility index (Phi) is 6.57. The van der Waals surface area contributed by atoms with Crippen LogP contribution in [0.1, 0.15) is 12.6 Å². The molecule has 1 aromatic carbocycles. The number of aromatic nitrogens is 3. The average Bonchev–Trinajstić information content (AvgIpc) is 3.36. The highest BCUT2D eigenvalue weighted by atomic mass is 32.1. The fraction of sp³-hybridized carbons (Fsp3) is 0.261. The third-order valence-corrected chi connectivity index (χ3v) is 6.35. The van der Waals surface area contributed by atoms with Gasteiger partial charge in [0.05, 0.1) is 40.1 Å². The maximum atomic E-state index is 14.2. The van der Waals surface area contributed by atoms with E-state index in [-0.39, 0.29) is 11.7 Å². The molecule has 33 heavy (non-hydrogen) atoms. The summed E-state index contributed by atoms with van der Waals surface area (Å²) in [5.74, 6) is 0.766. The van der Waals surface area contributed by atoms with Gasteiger partial charge in [-0.3, -0.25) is 9.78 Å². The molecule has 2 N–H and O–H groups in total. The number of fused-ring (bicyclic) bond motifs is 1. The van der Waals surface area contributed by atoms with Crippen LogP contribution < -0.4 is 10.5 Å². The number of halogens is 1. The Balaban J connectivity index is 1.63. The number of methoxy groups -OCH3 is 1. The van der Waals surface area contributed by atoms with E-state index in [0.717, 1.165) is 26.6 Å². The molecule has 0 bridgehead atoms. The fourth-order valence-corrected chi connectivity index (χ4v) is 4.49. The molecule has 3 heterocycles. The van der Waals surface area contributed by atoms with Gasteiger partial charge in [-0.15, -0.1) is 11.3 Å². The lowest BCUT2D eigenvalue weighted by Crippen LogP contribution is -2.32. The predicted molar refractivity (Wildman–Crippen MR) is 126 cm³/mol. The highest BCUT2D eigenvalue weighted by Crippen LogP contribution is 2.39. The largest absolute Gasteiger partial charge is 0.453 e. The molecule has 0 saturated carbocycles. The molecule has 0 unspecified atom stereocenters. The van der Waals surface area contributed by atoms with Crippen molar-refractivity contribution in [3.63, 3.8) is 0 Å². The lowest BCUT2D eigenvalue weighted by atomic mass is 10.3. The van der Waals surface area contributed by atoms with Crippen molar-refractivity contribution in [3.8, 4) is 22.2 Å². The molecular weight excluding hydrogens is 445 g/mol. The van der Waals surface area contributed by atoms with Gasteiger partial charge in [-0.2, -0.15) is 0 Å². The van der Waals surface area contributed by atoms with Crippen LogP contribution in [0.2, 0.25) is 0 Å². The van der Waals surface area contributed by atoms with Crippen molar-refractivity contribution in [1.82, 2.24) is 19.4 Å². The van der Waals surface area contributed by atoms with Crippen molar-refractivity contribution in [2.75, 3.05) is 26.0 Å². The number of hydrogen-bond acceptors (Lipinski definition) is 7. The Labute approximate surface area is 194 Å². The van der Waals surface area contributed by atoms with E-state index in [1.54, 1.807) is 36.5 Å². The molecule has 0 spiro atoms. The monoisotopic (exact) mass is 469 g/mol. The van der Waals surface area contributed by atoms with E-state index in [1.165, 1.54) is 30.4 Å². The second-order valence-corrected chi connectivity index (χ2v) is 8.54. The average molecular weight is 470 g/mol. The van der Waals surface area contributed by atoms with E-state index in [1.807, 2.05) is 17.7 Å². The van der Waals surface area contributed by atoms with Gasteiger partial charge in [-0.1, -0.05) is 0 Å². The molecule has 0 aliphatic rings. The van der Waals surface area contributed by atoms with E-state index in [0.29, 0.717) is 31.1 Å². The number of nitrogen functional groups attached to an aromatic ring is 1. The Morgan fingerprint density at radius 2 is 2.06 bits per heavy atom. The summed E-state index contributed by atoms with van der Waals surface area (Å²) in [5.41, 5.74) is 7.56. The molecule has 172 valence electrons. The van der Waals surface area contributed by atoms with E-state index in [4.69, 9.17) is 15.2 Å². The number of rotatable bonds is 8. The normalized spacial score (nSPS) is 11.2. The third kappa shape index (κ3) is 4.81. The van der Waals surface area contributed by atoms with E-state index in [2.05, 4.69) is 9.97 Å². The topological polar surface area (TPSA) is 95.5 Å². The lowest BCUT2D eigenvalue weighted by Gasteiger charge is -2.20. The van der Waals surface area contributed by atoms with Gasteiger partial charge in [0.15, 0.2) is 11.6 Å². The number of hydrogen-bond donors (Lipinski definition) is 1. The SMILES string of the molecule is COCCN(Cc1cnc(-c2cc3nccc(Oc4ccc(N)cc4F)c3s2)n1C)C(C)=O. The number of carbonyl (C=O) groups is 1. The van der Waals surface area contributed by atoms with Crippen molar-refractivity contribution in [1.29, 1.82) is 0 Å². The van der Waals surface area contributed by atoms with Crippen LogP contribution in [0.4, 0.5) is 10.1 Å². The molecular formula is C23H24FN5O3S. The highest BCUT2D eigenvalue weighted by molar-refractivity contribution is 7.22. The maximum absolute atomic E-state index is 14.2. The van der Waals surface area contributed by atoms with Crippen molar-refractivity contribution >= 4 is 33.1 Å². The van der Waals surface area contributed by atoms with Gasteiger partial charge in [0.25, 0.3) is 0 Å². The van der Waals surface area contributed by atoms with Gasteiger partial charge in [-0.05, 0) is 18.2 Å². The number of nitrogens with two attached hydrogens (primary N) is 1. The molecule has 10 heteroatoms. The summed E-state index contributed by atoms with van der Waals surface area (Å²) in [6.07, 6.45) is 3.38. The summed E-state index contributed by atoms with van der Waals surface area (Å²) < 4.78 is 27.9. The molecule has 4 aromatic rings. The zero-order valence-electron chi connectivity index (χ0n) is 18.5. The van der Waals surface area contributed by atoms with E-state index in [9.17, 15) is 9.18 Å². The van der Waals surface area contributed by atoms with Crippen molar-refractivity contribution in [3.05, 3.63) is 54.2 Å². The van der Waals surface area contributed by atoms with Gasteiger partial charge < -0.3 is 24.7 Å². The van der Waals surface area contributed by atoms with Gasteiger partial charge in [-0.25, -0.2) is 9.37 Å². The number of amides is 1. The molecule has 0 aliphatic carbocycles. The Hall–Kier alpha value is -3.50. The molecule has 3 aromatic heterocycles. The number of benzene rings is 1. The first-order chi connectivity index (χ1) is 15.9. The van der Waals surface area contributed by atoms with Crippen LogP contribution in [0.15, 0.2) is 42.7 Å². The van der Waals surface area contributed by atoms with Crippen LogP contribution in [0, 0.1) is 5.82 Å². The number of ether oxygens (including phenoxy) is 2. The molecule has 0 radical (unpaired) electrons. The second-order valence-electron chi connectivity index (χ2n) is 7.49. The van der Waals surface area contributed by atoms with Gasteiger partial charge in [0.1, 0.15) is 11.6 Å². The van der Waals surface area contributed by atoms with Crippen molar-refractivity contribution in [2.45, 2.75) is 13.5 Å². The smallest absolute Gasteiger partial charge is 0.219 e. The van der Waals surface area contributed by atoms with Crippen LogP contribution in [0.25, 0.3) is 20.9 Å². The highest BCUT2D eigenvalue weighted by Gasteiger charge is 2.18. The molecule has 4 rings (SSSR count). The molecule has 0 fully saturated rings. The molecule has 1 amide bonds. The Morgan fingerprint density at radius 3 is 2.79 bits per heavy atom. The summed E-state index contributed by atoms with van der Waals surface area (Å²) in [6.45, 7) is 2.93. The number of pyridine rings is 1. The van der Waals surface area contributed by atoms with Crippen LogP contribution in [0.3, 0.4) is 0 Å². The zero-order valence-corrected chi connectivity index (χ0v) is 19.4. The van der Waals surface area contributed by atoms with Gasteiger partial charge >= 0.3 is 0 Å². The quantitative estimate of drug-likeness (QED) is 0.389. The Bertz CT molecular complexity index is 1300. The van der Waals surface area contributed by atoms with Crippen LogP contribution >= 0.6 is 11.3 Å². The summed E-state index contributed by atoms with van der Waals surface area (Å²) in [4.78, 5) is 23.6. The third-order valence-electron chi connectivity index (χ3n) is 5.22. The van der Waals surface area contributed by atoms with E-state index >= 15 is 0 Å². The predicted octanol–water partition coefficient (Wildman–Crippen LogP) is 4.21. The summed E-state index contributed by atoms with van der Waals surface area (Å²) >= 11 is 1.45. The zero-order chi connectivity index (χ0) is 23.5. The minimum atomic E-state index is -0.533. The van der Waals surface area contributed by atoms with Gasteiger partial charge in [0, 0.05) is 51.6 Å². The molecule has 0 saturated heterocycles. The molecule has 8 nitrogen and oxygen atoms in total. The fourth-order valence-electron chi connectivity index (χ4n) is 3.39. The Morgan fingerprint density at radius 1 is 1.24 bits per heavy atom. The number of thiophene rings is 1. The van der Waals surface area contributed by atoms with Crippen molar-refractivity contribution in [2.24, 2.45) is 7.05 Å². The number of imidazole rings is 1. The van der Waals surface area contributed by atoms with Crippen LogP contribution in [-0.4, -0.2) is 45.6 Å². The van der Waals surface area contributed by atoms with Gasteiger partial charge in [0.2, 0.25) is 5.91 Å². The van der Waals surface area contributed by atoms with Crippen LogP contribution in [-0.2, 0) is 23.1 Å².